The van der Waals surface area contributed by atoms with Crippen LogP contribution in [0.25, 0.3) is 0 Å². The molecule has 128 valence electrons. The maximum absolute atomic E-state index is 12.7. The second-order valence-electron chi connectivity index (χ2n) is 4.45. The molecule has 2 rings (SSSR count). The Morgan fingerprint density at radius 1 is 1.25 bits per heavy atom. The zero-order valence-corrected chi connectivity index (χ0v) is 14.7. The van der Waals surface area contributed by atoms with Gasteiger partial charge in [0, 0.05) is 24.1 Å². The number of thioether (sulfide) groups is 1. The SMILES string of the molecule is CC(=O)N(c1ccc(Cl)cc1)c1nnc(SCCC(F)=C(F)F)s1. The summed E-state index contributed by atoms with van der Waals surface area (Å²) in [5.74, 6) is -1.60. The number of benzene rings is 1. The molecular weight excluding hydrogens is 383 g/mol. The molecule has 0 aliphatic carbocycles. The minimum absolute atomic E-state index is 0.0961. The summed E-state index contributed by atoms with van der Waals surface area (Å²) in [6.45, 7) is 1.38. The minimum Gasteiger partial charge on any atom is -0.274 e. The van der Waals surface area contributed by atoms with E-state index >= 15 is 0 Å². The Balaban J connectivity index is 2.10. The maximum atomic E-state index is 12.7. The van der Waals surface area contributed by atoms with Gasteiger partial charge in [0.15, 0.2) is 10.2 Å². The van der Waals surface area contributed by atoms with Crippen LogP contribution in [0.15, 0.2) is 40.5 Å². The molecule has 10 heteroatoms. The lowest BCUT2D eigenvalue weighted by Crippen LogP contribution is -2.22. The lowest BCUT2D eigenvalue weighted by atomic mass is 10.3. The number of aromatic nitrogens is 2. The molecule has 2 aromatic rings. The number of amides is 1. The normalized spacial score (nSPS) is 10.5. The van der Waals surface area contributed by atoms with E-state index in [4.69, 9.17) is 11.6 Å². The molecule has 1 amide bonds. The number of rotatable bonds is 6. The van der Waals surface area contributed by atoms with E-state index in [1.54, 1.807) is 24.3 Å². The molecule has 0 spiro atoms. The molecule has 0 unspecified atom stereocenters. The molecule has 4 nitrogen and oxygen atoms in total. The van der Waals surface area contributed by atoms with Crippen LogP contribution in [0.1, 0.15) is 13.3 Å². The van der Waals surface area contributed by atoms with Crippen molar-refractivity contribution in [1.29, 1.82) is 0 Å². The maximum Gasteiger partial charge on any atom is 0.301 e. The summed E-state index contributed by atoms with van der Waals surface area (Å²) >= 11 is 8.04. The van der Waals surface area contributed by atoms with E-state index in [-0.39, 0.29) is 11.7 Å². The average molecular weight is 394 g/mol. The van der Waals surface area contributed by atoms with Crippen LogP contribution in [0.5, 0.6) is 0 Å². The van der Waals surface area contributed by atoms with Crippen molar-refractivity contribution in [3.8, 4) is 0 Å². The number of carbonyl (C=O) groups is 1. The second-order valence-corrected chi connectivity index (χ2v) is 7.18. The summed E-state index contributed by atoms with van der Waals surface area (Å²) in [4.78, 5) is 13.3. The number of nitrogens with zero attached hydrogens (tertiary/aromatic N) is 3. The third-order valence-corrected chi connectivity index (χ3v) is 5.03. The van der Waals surface area contributed by atoms with E-state index in [0.717, 1.165) is 23.1 Å². The van der Waals surface area contributed by atoms with Crippen LogP contribution in [-0.4, -0.2) is 21.9 Å². The van der Waals surface area contributed by atoms with Crippen LogP contribution in [0, 0.1) is 0 Å². The van der Waals surface area contributed by atoms with Crippen molar-refractivity contribution in [2.75, 3.05) is 10.7 Å². The largest absolute Gasteiger partial charge is 0.301 e. The Morgan fingerprint density at radius 2 is 1.92 bits per heavy atom. The molecule has 0 radical (unpaired) electrons. The van der Waals surface area contributed by atoms with Gasteiger partial charge in [0.25, 0.3) is 0 Å². The molecule has 0 atom stereocenters. The van der Waals surface area contributed by atoms with Gasteiger partial charge in [0.1, 0.15) is 0 Å². The van der Waals surface area contributed by atoms with Crippen molar-refractivity contribution >= 4 is 51.4 Å². The molecule has 0 aliphatic heterocycles. The second kappa shape index (κ2) is 8.50. The van der Waals surface area contributed by atoms with E-state index in [9.17, 15) is 18.0 Å². The van der Waals surface area contributed by atoms with E-state index in [0.29, 0.717) is 20.2 Å². The molecule has 0 N–H and O–H groups in total. The third kappa shape index (κ3) is 4.96. The summed E-state index contributed by atoms with van der Waals surface area (Å²) in [5, 5.41) is 8.69. The Bertz CT molecular complexity index is 748. The standard InChI is InChI=1S/C14H11ClF3N3OS2/c1-8(22)21(10-4-2-9(15)3-5-10)13-19-20-14(24-13)23-7-6-11(16)12(17)18/h2-5H,6-7H2,1H3. The van der Waals surface area contributed by atoms with Crippen molar-refractivity contribution in [1.82, 2.24) is 10.2 Å². The molecule has 1 aromatic carbocycles. The number of halogens is 4. The summed E-state index contributed by atoms with van der Waals surface area (Å²) in [6.07, 6.45) is -2.70. The van der Waals surface area contributed by atoms with Crippen molar-refractivity contribution in [3.05, 3.63) is 41.2 Å². The smallest absolute Gasteiger partial charge is 0.274 e. The van der Waals surface area contributed by atoms with Gasteiger partial charge < -0.3 is 0 Å². The highest BCUT2D eigenvalue weighted by molar-refractivity contribution is 8.01. The van der Waals surface area contributed by atoms with Gasteiger partial charge in [-0.1, -0.05) is 34.7 Å². The molecule has 0 fully saturated rings. The topological polar surface area (TPSA) is 46.1 Å². The van der Waals surface area contributed by atoms with Crippen LogP contribution in [0.3, 0.4) is 0 Å². The highest BCUT2D eigenvalue weighted by atomic mass is 35.5. The minimum atomic E-state index is -2.31. The molecular formula is C14H11ClF3N3OS2. The van der Waals surface area contributed by atoms with Crippen molar-refractivity contribution < 1.29 is 18.0 Å². The number of hydrogen-bond acceptors (Lipinski definition) is 5. The average Bonchev–Trinajstić information content (AvgIpc) is 2.97. The summed E-state index contributed by atoms with van der Waals surface area (Å²) in [5.41, 5.74) is 0.577. The van der Waals surface area contributed by atoms with Gasteiger partial charge in [0.05, 0.1) is 5.69 Å². The van der Waals surface area contributed by atoms with Crippen LogP contribution in [0.4, 0.5) is 24.0 Å². The Labute approximate surface area is 149 Å². The van der Waals surface area contributed by atoms with Gasteiger partial charge >= 0.3 is 6.08 Å². The number of hydrogen-bond donors (Lipinski definition) is 0. The van der Waals surface area contributed by atoms with Gasteiger partial charge in [-0.2, -0.15) is 8.78 Å². The number of carbonyl (C=O) groups excluding carboxylic acids is 1. The van der Waals surface area contributed by atoms with Gasteiger partial charge in [0.2, 0.25) is 11.0 Å². The predicted molar refractivity (Wildman–Crippen MR) is 89.9 cm³/mol. The van der Waals surface area contributed by atoms with Crippen molar-refractivity contribution in [2.45, 2.75) is 17.7 Å². The van der Waals surface area contributed by atoms with Gasteiger partial charge in [-0.05, 0) is 24.3 Å². The molecule has 0 saturated heterocycles. The highest BCUT2D eigenvalue weighted by Gasteiger charge is 2.19. The lowest BCUT2D eigenvalue weighted by molar-refractivity contribution is -0.115. The first kappa shape index (κ1) is 18.8. The first-order chi connectivity index (χ1) is 11.4. The summed E-state index contributed by atoms with van der Waals surface area (Å²) < 4.78 is 37.2. The Morgan fingerprint density at radius 3 is 2.50 bits per heavy atom. The summed E-state index contributed by atoms with van der Waals surface area (Å²) in [6, 6.07) is 6.62. The van der Waals surface area contributed by atoms with Crippen LogP contribution >= 0.6 is 34.7 Å². The Hall–Kier alpha value is -1.58. The fraction of sp³-hybridized carbons (Fsp3) is 0.214. The fourth-order valence-electron chi connectivity index (χ4n) is 1.69. The van der Waals surface area contributed by atoms with E-state index in [1.165, 1.54) is 11.8 Å². The van der Waals surface area contributed by atoms with Crippen molar-refractivity contribution in [3.63, 3.8) is 0 Å². The fourth-order valence-corrected chi connectivity index (χ4v) is 3.73. The predicted octanol–water partition coefficient (Wildman–Crippen LogP) is 5.44. The van der Waals surface area contributed by atoms with Gasteiger partial charge in [-0.3, -0.25) is 9.69 Å². The van der Waals surface area contributed by atoms with E-state index in [2.05, 4.69) is 10.2 Å². The first-order valence-corrected chi connectivity index (χ1v) is 8.78. The highest BCUT2D eigenvalue weighted by Crippen LogP contribution is 2.33. The van der Waals surface area contributed by atoms with Crippen molar-refractivity contribution in [2.24, 2.45) is 0 Å². The zero-order chi connectivity index (χ0) is 17.7. The first-order valence-electron chi connectivity index (χ1n) is 6.60. The van der Waals surface area contributed by atoms with Gasteiger partial charge in [-0.15, -0.1) is 10.2 Å². The summed E-state index contributed by atoms with van der Waals surface area (Å²) in [7, 11) is 0. The van der Waals surface area contributed by atoms with Gasteiger partial charge in [-0.25, -0.2) is 4.39 Å². The zero-order valence-electron chi connectivity index (χ0n) is 12.3. The Kier molecular flexibility index (Phi) is 6.64. The van der Waals surface area contributed by atoms with E-state index in [1.807, 2.05) is 0 Å². The van der Waals surface area contributed by atoms with Crippen LogP contribution in [0.2, 0.25) is 5.02 Å². The number of allylic oxidation sites excluding steroid dienone is 1. The molecule has 0 bridgehead atoms. The van der Waals surface area contributed by atoms with Crippen LogP contribution in [-0.2, 0) is 4.79 Å². The van der Waals surface area contributed by atoms with Crippen LogP contribution < -0.4 is 4.90 Å². The quantitative estimate of drug-likeness (QED) is 0.484. The molecule has 0 saturated carbocycles. The number of anilines is 2. The monoisotopic (exact) mass is 393 g/mol. The third-order valence-electron chi connectivity index (χ3n) is 2.74. The molecule has 0 aliphatic rings. The molecule has 24 heavy (non-hydrogen) atoms. The molecule has 1 heterocycles. The lowest BCUT2D eigenvalue weighted by Gasteiger charge is -2.17. The van der Waals surface area contributed by atoms with E-state index < -0.39 is 18.3 Å². The molecule has 1 aromatic heterocycles.